The normalized spacial score (nSPS) is 27.3. The van der Waals surface area contributed by atoms with E-state index in [-0.39, 0.29) is 24.0 Å². The highest BCUT2D eigenvalue weighted by molar-refractivity contribution is 7.88. The van der Waals surface area contributed by atoms with Crippen LogP contribution in [0.2, 0.25) is 0 Å². The Kier molecular flexibility index (Phi) is 6.23. The van der Waals surface area contributed by atoms with Crippen molar-refractivity contribution >= 4 is 15.9 Å². The van der Waals surface area contributed by atoms with E-state index in [1.807, 2.05) is 12.1 Å². The van der Waals surface area contributed by atoms with E-state index in [0.717, 1.165) is 24.8 Å². The fourth-order valence-electron chi connectivity index (χ4n) is 3.73. The summed E-state index contributed by atoms with van der Waals surface area (Å²) in [4.78, 5) is 16.4. The molecule has 3 N–H and O–H groups in total. The molecule has 3 heterocycles. The highest BCUT2D eigenvalue weighted by atomic mass is 32.2. The molecule has 0 saturated carbocycles. The molecule has 1 amide bonds. The minimum Gasteiger partial charge on any atom is -0.355 e. The third-order valence-corrected chi connectivity index (χ3v) is 6.44. The molecule has 0 radical (unpaired) electrons. The number of hydrogen-bond acceptors (Lipinski definition) is 6. The molecule has 3 rings (SSSR count). The lowest BCUT2D eigenvalue weighted by atomic mass is 10.0. The summed E-state index contributed by atoms with van der Waals surface area (Å²) in [5.74, 6) is -0.0595. The van der Waals surface area contributed by atoms with Crippen molar-refractivity contribution in [2.45, 2.75) is 50.2 Å². The number of pyridine rings is 1. The summed E-state index contributed by atoms with van der Waals surface area (Å²) in [5, 5.41) is 2.94. The standard InChI is InChI=1S/C17H27N5O3S/c1-26(24,25)22-11-3-2-4-14(22)7-10-19-17(23)16-12-15(20-21-16)13-5-8-18-9-6-13/h5-6,8-9,14-16,20-21H,2-4,7,10-12H2,1H3,(H,19,23). The predicted octanol–water partition coefficient (Wildman–Crippen LogP) is 0.310. The molecule has 3 unspecified atom stereocenters. The van der Waals surface area contributed by atoms with Crippen LogP contribution in [0.15, 0.2) is 24.5 Å². The number of nitrogens with one attached hydrogen (secondary N) is 3. The Morgan fingerprint density at radius 3 is 2.81 bits per heavy atom. The van der Waals surface area contributed by atoms with Gasteiger partial charge in [-0.1, -0.05) is 6.42 Å². The first kappa shape index (κ1) is 19.2. The van der Waals surface area contributed by atoms with Gasteiger partial charge in [-0.2, -0.15) is 4.31 Å². The van der Waals surface area contributed by atoms with Crippen molar-refractivity contribution in [3.05, 3.63) is 30.1 Å². The van der Waals surface area contributed by atoms with Gasteiger partial charge in [0.2, 0.25) is 15.9 Å². The largest absolute Gasteiger partial charge is 0.355 e. The molecule has 3 atom stereocenters. The molecule has 144 valence electrons. The van der Waals surface area contributed by atoms with Crippen molar-refractivity contribution in [1.29, 1.82) is 0 Å². The predicted molar refractivity (Wildman–Crippen MR) is 98.5 cm³/mol. The van der Waals surface area contributed by atoms with Crippen molar-refractivity contribution in [2.75, 3.05) is 19.3 Å². The maximum atomic E-state index is 12.4. The van der Waals surface area contributed by atoms with E-state index in [2.05, 4.69) is 21.2 Å². The molecule has 2 aliphatic rings. The summed E-state index contributed by atoms with van der Waals surface area (Å²) in [5.41, 5.74) is 7.27. The molecular weight excluding hydrogens is 354 g/mol. The van der Waals surface area contributed by atoms with Gasteiger partial charge in [0.1, 0.15) is 6.04 Å². The van der Waals surface area contributed by atoms with Crippen LogP contribution in [-0.2, 0) is 14.8 Å². The highest BCUT2D eigenvalue weighted by Gasteiger charge is 2.31. The second-order valence-corrected chi connectivity index (χ2v) is 8.95. The fourth-order valence-corrected chi connectivity index (χ4v) is 4.94. The van der Waals surface area contributed by atoms with Crippen molar-refractivity contribution in [3.8, 4) is 0 Å². The van der Waals surface area contributed by atoms with E-state index in [4.69, 9.17) is 0 Å². The van der Waals surface area contributed by atoms with Crippen molar-refractivity contribution in [1.82, 2.24) is 25.5 Å². The zero-order valence-electron chi connectivity index (χ0n) is 15.0. The number of carbonyl (C=O) groups excluding carboxylic acids is 1. The molecule has 2 saturated heterocycles. The van der Waals surface area contributed by atoms with Gasteiger partial charge in [-0.3, -0.25) is 9.78 Å². The second kappa shape index (κ2) is 8.43. The molecular formula is C17H27N5O3S. The Balaban J connectivity index is 1.46. The van der Waals surface area contributed by atoms with Gasteiger partial charge in [0.15, 0.2) is 0 Å². The van der Waals surface area contributed by atoms with E-state index in [9.17, 15) is 13.2 Å². The van der Waals surface area contributed by atoms with Gasteiger partial charge in [-0.05, 0) is 43.4 Å². The average molecular weight is 382 g/mol. The zero-order chi connectivity index (χ0) is 18.6. The average Bonchev–Trinajstić information content (AvgIpc) is 3.12. The van der Waals surface area contributed by atoms with E-state index in [1.54, 1.807) is 16.7 Å². The molecule has 26 heavy (non-hydrogen) atoms. The monoisotopic (exact) mass is 381 g/mol. The molecule has 0 bridgehead atoms. The summed E-state index contributed by atoms with van der Waals surface area (Å²) in [6.45, 7) is 1.06. The van der Waals surface area contributed by atoms with E-state index < -0.39 is 10.0 Å². The summed E-state index contributed by atoms with van der Waals surface area (Å²) < 4.78 is 25.4. The van der Waals surface area contributed by atoms with Crippen molar-refractivity contribution < 1.29 is 13.2 Å². The van der Waals surface area contributed by atoms with Gasteiger partial charge in [-0.15, -0.1) is 0 Å². The van der Waals surface area contributed by atoms with Crippen LogP contribution < -0.4 is 16.2 Å². The molecule has 9 heteroatoms. The maximum Gasteiger partial charge on any atom is 0.238 e. The molecule has 2 fully saturated rings. The van der Waals surface area contributed by atoms with Gasteiger partial charge >= 0.3 is 0 Å². The van der Waals surface area contributed by atoms with Crippen LogP contribution >= 0.6 is 0 Å². The highest BCUT2D eigenvalue weighted by Crippen LogP contribution is 2.23. The lowest BCUT2D eigenvalue weighted by Crippen LogP contribution is -2.47. The summed E-state index contributed by atoms with van der Waals surface area (Å²) >= 11 is 0. The van der Waals surface area contributed by atoms with Crippen LogP contribution in [0.5, 0.6) is 0 Å². The smallest absolute Gasteiger partial charge is 0.238 e. The Bertz CT molecular complexity index is 712. The molecule has 8 nitrogen and oxygen atoms in total. The van der Waals surface area contributed by atoms with Crippen molar-refractivity contribution in [2.24, 2.45) is 0 Å². The van der Waals surface area contributed by atoms with Gasteiger partial charge in [0.25, 0.3) is 0 Å². The molecule has 0 aromatic carbocycles. The van der Waals surface area contributed by atoms with Crippen LogP contribution in [0.3, 0.4) is 0 Å². The summed E-state index contributed by atoms with van der Waals surface area (Å²) in [6.07, 6.45) is 8.84. The number of hydrogen-bond donors (Lipinski definition) is 3. The third-order valence-electron chi connectivity index (χ3n) is 5.10. The third kappa shape index (κ3) is 4.79. The Hall–Kier alpha value is -1.55. The number of hydrazine groups is 1. The SMILES string of the molecule is CS(=O)(=O)N1CCCCC1CCNC(=O)C1CC(c2ccncc2)NN1. The Morgan fingerprint density at radius 1 is 1.31 bits per heavy atom. The topological polar surface area (TPSA) is 103 Å². The van der Waals surface area contributed by atoms with Crippen LogP contribution in [-0.4, -0.2) is 55.0 Å². The van der Waals surface area contributed by atoms with Gasteiger partial charge < -0.3 is 5.32 Å². The number of aromatic nitrogens is 1. The molecule has 1 aromatic heterocycles. The molecule has 2 aliphatic heterocycles. The molecule has 1 aromatic rings. The number of carbonyl (C=O) groups is 1. The maximum absolute atomic E-state index is 12.4. The second-order valence-electron chi connectivity index (χ2n) is 7.01. The number of piperidine rings is 1. The quantitative estimate of drug-likeness (QED) is 0.655. The van der Waals surface area contributed by atoms with Gasteiger partial charge in [0.05, 0.1) is 6.26 Å². The van der Waals surface area contributed by atoms with Gasteiger partial charge in [-0.25, -0.2) is 19.3 Å². The Labute approximate surface area is 154 Å². The first-order valence-corrected chi connectivity index (χ1v) is 11.0. The Morgan fingerprint density at radius 2 is 2.08 bits per heavy atom. The van der Waals surface area contributed by atoms with E-state index in [0.29, 0.717) is 25.9 Å². The molecule has 0 spiro atoms. The summed E-state index contributed by atoms with van der Waals surface area (Å²) in [7, 11) is -3.19. The number of rotatable bonds is 6. The fraction of sp³-hybridized carbons (Fsp3) is 0.647. The first-order valence-electron chi connectivity index (χ1n) is 9.10. The van der Waals surface area contributed by atoms with Crippen LogP contribution in [0.25, 0.3) is 0 Å². The number of amides is 1. The lowest BCUT2D eigenvalue weighted by Gasteiger charge is -2.33. The van der Waals surface area contributed by atoms with E-state index >= 15 is 0 Å². The van der Waals surface area contributed by atoms with Crippen LogP contribution in [0.4, 0.5) is 0 Å². The van der Waals surface area contributed by atoms with Crippen LogP contribution in [0, 0.1) is 0 Å². The number of nitrogens with zero attached hydrogens (tertiary/aromatic N) is 2. The minimum atomic E-state index is -3.19. The lowest BCUT2D eigenvalue weighted by molar-refractivity contribution is -0.122. The zero-order valence-corrected chi connectivity index (χ0v) is 15.8. The number of sulfonamides is 1. The van der Waals surface area contributed by atoms with Gasteiger partial charge in [0, 0.05) is 37.6 Å². The van der Waals surface area contributed by atoms with Crippen molar-refractivity contribution in [3.63, 3.8) is 0 Å². The van der Waals surface area contributed by atoms with Crippen LogP contribution in [0.1, 0.15) is 43.7 Å². The minimum absolute atomic E-state index is 0.0155. The summed E-state index contributed by atoms with van der Waals surface area (Å²) in [6, 6.07) is 3.63. The van der Waals surface area contributed by atoms with E-state index in [1.165, 1.54) is 6.26 Å². The first-order chi connectivity index (χ1) is 12.4. The molecule has 0 aliphatic carbocycles.